The van der Waals surface area contributed by atoms with Crippen LogP contribution in [-0.4, -0.2) is 19.3 Å². The number of aromatic nitrogens is 1. The summed E-state index contributed by atoms with van der Waals surface area (Å²) in [6.07, 6.45) is 4.76. The fourth-order valence-electron chi connectivity index (χ4n) is 2.17. The van der Waals surface area contributed by atoms with Crippen molar-refractivity contribution in [3.63, 3.8) is 0 Å². The van der Waals surface area contributed by atoms with E-state index in [1.807, 2.05) is 0 Å². The third kappa shape index (κ3) is 2.57. The van der Waals surface area contributed by atoms with Crippen molar-refractivity contribution in [2.24, 2.45) is 0 Å². The van der Waals surface area contributed by atoms with Crippen LogP contribution < -0.4 is 5.32 Å². The Hall–Kier alpha value is -2.47. The fraction of sp³-hybridized carbons (Fsp3) is 0.0667. The molecule has 1 aliphatic rings. The molecule has 1 aliphatic heterocycles. The van der Waals surface area contributed by atoms with Gasteiger partial charge in [0.25, 0.3) is 5.91 Å². The Morgan fingerprint density at radius 3 is 2.67 bits per heavy atom. The number of nitrogens with zero attached hydrogens (tertiary/aromatic N) is 1. The standard InChI is InChI=1S/C15H12N2O3S/c18-15(17-10-11-4-7-16-8-5-11)13-2-1-3-14-12(13)6-9-21(14,19)20/h1-9H,10H2,(H,17,18). The highest BCUT2D eigenvalue weighted by atomic mass is 32.2. The summed E-state index contributed by atoms with van der Waals surface area (Å²) in [6.45, 7) is 0.363. The highest BCUT2D eigenvalue weighted by molar-refractivity contribution is 7.94. The van der Waals surface area contributed by atoms with Crippen LogP contribution in [0.2, 0.25) is 0 Å². The Morgan fingerprint density at radius 1 is 1.14 bits per heavy atom. The number of rotatable bonds is 3. The lowest BCUT2D eigenvalue weighted by atomic mass is 10.1. The van der Waals surface area contributed by atoms with E-state index in [0.717, 1.165) is 11.0 Å². The van der Waals surface area contributed by atoms with Gasteiger partial charge in [-0.3, -0.25) is 9.78 Å². The smallest absolute Gasteiger partial charge is 0.252 e. The van der Waals surface area contributed by atoms with E-state index in [1.165, 1.54) is 12.1 Å². The second kappa shape index (κ2) is 5.14. The van der Waals surface area contributed by atoms with Crippen LogP contribution in [0.5, 0.6) is 0 Å². The molecule has 6 heteroatoms. The summed E-state index contributed by atoms with van der Waals surface area (Å²) < 4.78 is 23.6. The van der Waals surface area contributed by atoms with Gasteiger partial charge in [-0.1, -0.05) is 6.07 Å². The van der Waals surface area contributed by atoms with E-state index in [4.69, 9.17) is 0 Å². The first kappa shape index (κ1) is 13.5. The Morgan fingerprint density at radius 2 is 1.90 bits per heavy atom. The Bertz CT molecular complexity index is 827. The first-order valence-electron chi connectivity index (χ1n) is 6.31. The first-order chi connectivity index (χ1) is 10.1. The summed E-state index contributed by atoms with van der Waals surface area (Å²) in [7, 11) is -3.40. The second-order valence-corrected chi connectivity index (χ2v) is 6.41. The van der Waals surface area contributed by atoms with Gasteiger partial charge in [-0.15, -0.1) is 0 Å². The topological polar surface area (TPSA) is 76.1 Å². The molecule has 0 spiro atoms. The summed E-state index contributed by atoms with van der Waals surface area (Å²) >= 11 is 0. The summed E-state index contributed by atoms with van der Waals surface area (Å²) in [5.74, 6) is -0.301. The van der Waals surface area contributed by atoms with E-state index in [9.17, 15) is 13.2 Å². The van der Waals surface area contributed by atoms with Gasteiger partial charge in [0.1, 0.15) is 0 Å². The number of carbonyl (C=O) groups is 1. The molecule has 0 bridgehead atoms. The minimum absolute atomic E-state index is 0.180. The number of hydrogen-bond acceptors (Lipinski definition) is 4. The number of nitrogens with one attached hydrogen (secondary N) is 1. The molecule has 0 saturated carbocycles. The molecule has 1 aromatic heterocycles. The van der Waals surface area contributed by atoms with Gasteiger partial charge in [-0.25, -0.2) is 8.42 Å². The summed E-state index contributed by atoms with van der Waals surface area (Å²) in [5, 5.41) is 3.90. The van der Waals surface area contributed by atoms with Crippen molar-refractivity contribution in [2.45, 2.75) is 11.4 Å². The molecule has 1 N–H and O–H groups in total. The fourth-order valence-corrected chi connectivity index (χ4v) is 3.39. The van der Waals surface area contributed by atoms with Gasteiger partial charge < -0.3 is 5.32 Å². The van der Waals surface area contributed by atoms with Crippen LogP contribution >= 0.6 is 0 Å². The quantitative estimate of drug-likeness (QED) is 0.937. The average molecular weight is 300 g/mol. The van der Waals surface area contributed by atoms with Crippen LogP contribution in [0.15, 0.2) is 53.0 Å². The molecule has 2 aromatic rings. The highest BCUT2D eigenvalue weighted by Gasteiger charge is 2.24. The number of pyridine rings is 1. The number of benzene rings is 1. The van der Waals surface area contributed by atoms with Gasteiger partial charge in [0.15, 0.2) is 9.84 Å². The molecule has 5 nitrogen and oxygen atoms in total. The number of sulfone groups is 1. The number of amides is 1. The van der Waals surface area contributed by atoms with Gasteiger partial charge in [0, 0.05) is 35.5 Å². The van der Waals surface area contributed by atoms with Crippen LogP contribution in [-0.2, 0) is 16.4 Å². The number of fused-ring (bicyclic) bond motifs is 1. The molecule has 0 fully saturated rings. The number of carbonyl (C=O) groups excluding carboxylic acids is 1. The highest BCUT2D eigenvalue weighted by Crippen LogP contribution is 2.29. The van der Waals surface area contributed by atoms with E-state index in [-0.39, 0.29) is 10.8 Å². The van der Waals surface area contributed by atoms with Crippen molar-refractivity contribution >= 4 is 21.8 Å². The lowest BCUT2D eigenvalue weighted by Gasteiger charge is -2.08. The molecule has 106 valence electrons. The maximum atomic E-state index is 12.2. The van der Waals surface area contributed by atoms with E-state index in [1.54, 1.807) is 36.7 Å². The van der Waals surface area contributed by atoms with E-state index in [2.05, 4.69) is 10.3 Å². The molecule has 3 rings (SSSR count). The Labute approximate surface area is 122 Å². The molecule has 2 heterocycles. The second-order valence-electron chi connectivity index (χ2n) is 4.60. The van der Waals surface area contributed by atoms with Crippen molar-refractivity contribution < 1.29 is 13.2 Å². The predicted octanol–water partition coefficient (Wildman–Crippen LogP) is 1.77. The zero-order valence-corrected chi connectivity index (χ0v) is 11.8. The Kier molecular flexibility index (Phi) is 3.31. The summed E-state index contributed by atoms with van der Waals surface area (Å²) in [5.41, 5.74) is 1.73. The van der Waals surface area contributed by atoms with Crippen molar-refractivity contribution in [2.75, 3.05) is 0 Å². The van der Waals surface area contributed by atoms with Gasteiger partial charge in [-0.05, 0) is 35.9 Å². The van der Waals surface area contributed by atoms with Crippen molar-refractivity contribution in [1.82, 2.24) is 10.3 Å². The number of hydrogen-bond donors (Lipinski definition) is 1. The van der Waals surface area contributed by atoms with Crippen LogP contribution in [0.25, 0.3) is 6.08 Å². The largest absolute Gasteiger partial charge is 0.348 e. The molecule has 0 aliphatic carbocycles. The van der Waals surface area contributed by atoms with Crippen molar-refractivity contribution in [1.29, 1.82) is 0 Å². The van der Waals surface area contributed by atoms with Gasteiger partial charge in [0.2, 0.25) is 0 Å². The van der Waals surface area contributed by atoms with E-state index >= 15 is 0 Å². The molecule has 1 amide bonds. The zero-order chi connectivity index (χ0) is 14.9. The third-order valence-electron chi connectivity index (χ3n) is 3.23. The van der Waals surface area contributed by atoms with E-state index in [0.29, 0.717) is 17.7 Å². The van der Waals surface area contributed by atoms with Gasteiger partial charge >= 0.3 is 0 Å². The summed E-state index contributed by atoms with van der Waals surface area (Å²) in [6, 6.07) is 8.31. The summed E-state index contributed by atoms with van der Waals surface area (Å²) in [4.78, 5) is 16.3. The Balaban J connectivity index is 1.84. The maximum Gasteiger partial charge on any atom is 0.252 e. The predicted molar refractivity (Wildman–Crippen MR) is 78.1 cm³/mol. The van der Waals surface area contributed by atoms with Crippen LogP contribution in [0.1, 0.15) is 21.5 Å². The average Bonchev–Trinajstić information content (AvgIpc) is 2.82. The molecule has 0 radical (unpaired) electrons. The minimum Gasteiger partial charge on any atom is -0.348 e. The molecule has 0 unspecified atom stereocenters. The molecule has 0 saturated heterocycles. The zero-order valence-electron chi connectivity index (χ0n) is 11.0. The molecular formula is C15H12N2O3S. The van der Waals surface area contributed by atoms with Crippen LogP contribution in [0, 0.1) is 0 Å². The van der Waals surface area contributed by atoms with Crippen LogP contribution in [0.4, 0.5) is 0 Å². The molecule has 21 heavy (non-hydrogen) atoms. The van der Waals surface area contributed by atoms with Gasteiger partial charge in [0.05, 0.1) is 4.90 Å². The lowest BCUT2D eigenvalue weighted by molar-refractivity contribution is 0.0950. The van der Waals surface area contributed by atoms with Gasteiger partial charge in [-0.2, -0.15) is 0 Å². The minimum atomic E-state index is -3.40. The normalized spacial score (nSPS) is 14.7. The molecule has 1 aromatic carbocycles. The first-order valence-corrected chi connectivity index (χ1v) is 7.86. The molecule has 0 atom stereocenters. The monoisotopic (exact) mass is 300 g/mol. The van der Waals surface area contributed by atoms with E-state index < -0.39 is 9.84 Å². The SMILES string of the molecule is O=C(NCc1ccncc1)c1cccc2c1C=CS2(=O)=O. The lowest BCUT2D eigenvalue weighted by Crippen LogP contribution is -2.23. The van der Waals surface area contributed by atoms with Crippen molar-refractivity contribution in [3.8, 4) is 0 Å². The van der Waals surface area contributed by atoms with Crippen LogP contribution in [0.3, 0.4) is 0 Å². The molecular weight excluding hydrogens is 288 g/mol. The van der Waals surface area contributed by atoms with Crippen molar-refractivity contribution in [3.05, 3.63) is 64.8 Å². The maximum absolute atomic E-state index is 12.2. The third-order valence-corrected chi connectivity index (χ3v) is 4.70.